The predicted octanol–water partition coefficient (Wildman–Crippen LogP) is 4.57. The van der Waals surface area contributed by atoms with E-state index in [4.69, 9.17) is 14.2 Å². The molecule has 1 aliphatic heterocycles. The molecule has 0 bridgehead atoms. The highest BCUT2D eigenvalue weighted by atomic mass is 16.7. The first-order valence-corrected chi connectivity index (χ1v) is 8.51. The van der Waals surface area contributed by atoms with Crippen LogP contribution in [0.15, 0.2) is 43.0 Å². The molecule has 1 fully saturated rings. The van der Waals surface area contributed by atoms with Gasteiger partial charge in [0, 0.05) is 11.8 Å². The number of rotatable bonds is 7. The van der Waals surface area contributed by atoms with E-state index in [0.717, 1.165) is 6.42 Å². The highest BCUT2D eigenvalue weighted by Gasteiger charge is 2.42. The molecule has 0 amide bonds. The molecule has 1 aliphatic rings. The molecule has 3 heteroatoms. The van der Waals surface area contributed by atoms with E-state index in [2.05, 4.69) is 32.6 Å². The molecule has 4 atom stereocenters. The standard InChI is InChI=1S/C20H30O3/c1-6-10-18-16(3)19(23-20(4,5)22-18)15(2)13-21-14-17-11-8-7-9-12-17/h6-9,11-12,15-16,18-19H,1,10,13-14H2,2-5H3/t15-,16-,18+,19+/m0/s1. The Balaban J connectivity index is 1.91. The van der Waals surface area contributed by atoms with Crippen LogP contribution < -0.4 is 0 Å². The molecule has 1 saturated heterocycles. The van der Waals surface area contributed by atoms with Crippen LogP contribution in [0.25, 0.3) is 0 Å². The second kappa shape index (κ2) is 8.09. The Kier molecular flexibility index (Phi) is 6.40. The molecule has 0 unspecified atom stereocenters. The third kappa shape index (κ3) is 5.17. The summed E-state index contributed by atoms with van der Waals surface area (Å²) in [6, 6.07) is 10.3. The Morgan fingerprint density at radius 3 is 2.61 bits per heavy atom. The maximum Gasteiger partial charge on any atom is 0.163 e. The van der Waals surface area contributed by atoms with Crippen molar-refractivity contribution in [3.63, 3.8) is 0 Å². The molecule has 0 spiro atoms. The molecule has 3 nitrogen and oxygen atoms in total. The number of ether oxygens (including phenoxy) is 3. The van der Waals surface area contributed by atoms with Gasteiger partial charge in [-0.2, -0.15) is 0 Å². The normalized spacial score (nSPS) is 28.3. The van der Waals surface area contributed by atoms with Crippen LogP contribution in [0.2, 0.25) is 0 Å². The first-order valence-electron chi connectivity index (χ1n) is 8.51. The van der Waals surface area contributed by atoms with Crippen LogP contribution in [-0.4, -0.2) is 24.6 Å². The van der Waals surface area contributed by atoms with Gasteiger partial charge in [0.05, 0.1) is 25.4 Å². The minimum atomic E-state index is -0.557. The van der Waals surface area contributed by atoms with Gasteiger partial charge in [0.2, 0.25) is 0 Å². The van der Waals surface area contributed by atoms with Crippen molar-refractivity contribution in [3.8, 4) is 0 Å². The molecule has 1 heterocycles. The largest absolute Gasteiger partial charge is 0.376 e. The predicted molar refractivity (Wildman–Crippen MR) is 93.1 cm³/mol. The van der Waals surface area contributed by atoms with Gasteiger partial charge in [-0.15, -0.1) is 6.58 Å². The summed E-state index contributed by atoms with van der Waals surface area (Å²) >= 11 is 0. The van der Waals surface area contributed by atoms with Gasteiger partial charge in [-0.3, -0.25) is 0 Å². The van der Waals surface area contributed by atoms with Crippen molar-refractivity contribution in [2.24, 2.45) is 11.8 Å². The molecule has 1 aromatic carbocycles. The van der Waals surface area contributed by atoms with E-state index in [0.29, 0.717) is 25.0 Å². The highest BCUT2D eigenvalue weighted by molar-refractivity contribution is 5.13. The van der Waals surface area contributed by atoms with Gasteiger partial charge in [-0.1, -0.05) is 50.3 Å². The lowest BCUT2D eigenvalue weighted by Gasteiger charge is -2.46. The van der Waals surface area contributed by atoms with Crippen molar-refractivity contribution in [1.82, 2.24) is 0 Å². The van der Waals surface area contributed by atoms with Crippen molar-refractivity contribution in [2.75, 3.05) is 6.61 Å². The van der Waals surface area contributed by atoms with E-state index in [1.54, 1.807) is 0 Å². The molecule has 128 valence electrons. The second-order valence-corrected chi connectivity index (χ2v) is 7.00. The summed E-state index contributed by atoms with van der Waals surface area (Å²) < 4.78 is 18.1. The van der Waals surface area contributed by atoms with E-state index in [1.807, 2.05) is 38.1 Å². The number of hydrogen-bond donors (Lipinski definition) is 0. The van der Waals surface area contributed by atoms with Gasteiger partial charge in [-0.05, 0) is 25.8 Å². The van der Waals surface area contributed by atoms with E-state index in [9.17, 15) is 0 Å². The Labute approximate surface area is 140 Å². The SMILES string of the molecule is C=CC[C@H]1OC(C)(C)O[C@H]([C@@H](C)COCc2ccccc2)[C@H]1C. The number of benzene rings is 1. The third-order valence-electron chi connectivity index (χ3n) is 4.41. The van der Waals surface area contributed by atoms with Crippen LogP contribution in [-0.2, 0) is 20.8 Å². The first-order chi connectivity index (χ1) is 10.9. The Hall–Kier alpha value is -1.16. The van der Waals surface area contributed by atoms with Crippen LogP contribution in [0, 0.1) is 11.8 Å². The van der Waals surface area contributed by atoms with Crippen LogP contribution in [0.3, 0.4) is 0 Å². The summed E-state index contributed by atoms with van der Waals surface area (Å²) in [5.41, 5.74) is 1.20. The Bertz CT molecular complexity index is 483. The minimum absolute atomic E-state index is 0.125. The lowest BCUT2D eigenvalue weighted by molar-refractivity contribution is -0.327. The van der Waals surface area contributed by atoms with Gasteiger partial charge in [0.15, 0.2) is 5.79 Å². The molecule has 0 N–H and O–H groups in total. The van der Waals surface area contributed by atoms with E-state index < -0.39 is 5.79 Å². The summed E-state index contributed by atoms with van der Waals surface area (Å²) in [6.45, 7) is 13.5. The van der Waals surface area contributed by atoms with E-state index >= 15 is 0 Å². The van der Waals surface area contributed by atoms with Gasteiger partial charge in [-0.25, -0.2) is 0 Å². The van der Waals surface area contributed by atoms with Gasteiger partial charge >= 0.3 is 0 Å². The molecule has 23 heavy (non-hydrogen) atoms. The molecule has 0 aliphatic carbocycles. The summed E-state index contributed by atoms with van der Waals surface area (Å²) in [4.78, 5) is 0. The average molecular weight is 318 g/mol. The Morgan fingerprint density at radius 1 is 1.26 bits per heavy atom. The quantitative estimate of drug-likeness (QED) is 0.689. The van der Waals surface area contributed by atoms with Crippen LogP contribution >= 0.6 is 0 Å². The zero-order valence-corrected chi connectivity index (χ0v) is 14.8. The summed E-state index contributed by atoms with van der Waals surface area (Å²) in [5.74, 6) is 0.0685. The molecular weight excluding hydrogens is 288 g/mol. The molecular formula is C20H30O3. The molecule has 2 rings (SSSR count). The third-order valence-corrected chi connectivity index (χ3v) is 4.41. The topological polar surface area (TPSA) is 27.7 Å². The summed E-state index contributed by atoms with van der Waals surface area (Å²) in [6.07, 6.45) is 3.05. The summed E-state index contributed by atoms with van der Waals surface area (Å²) in [5, 5.41) is 0. The van der Waals surface area contributed by atoms with Crippen LogP contribution in [0.4, 0.5) is 0 Å². The van der Waals surface area contributed by atoms with Gasteiger partial charge < -0.3 is 14.2 Å². The maximum absolute atomic E-state index is 6.19. The van der Waals surface area contributed by atoms with Crippen molar-refractivity contribution in [2.45, 2.75) is 58.7 Å². The van der Waals surface area contributed by atoms with Crippen LogP contribution in [0.1, 0.15) is 39.7 Å². The Morgan fingerprint density at radius 2 is 1.96 bits per heavy atom. The van der Waals surface area contributed by atoms with E-state index in [1.165, 1.54) is 5.56 Å². The molecule has 1 aromatic rings. The highest BCUT2D eigenvalue weighted by Crippen LogP contribution is 2.36. The lowest BCUT2D eigenvalue weighted by atomic mass is 9.86. The first kappa shape index (κ1) is 18.2. The fourth-order valence-corrected chi connectivity index (χ4v) is 3.24. The van der Waals surface area contributed by atoms with Crippen molar-refractivity contribution in [3.05, 3.63) is 48.6 Å². The zero-order chi connectivity index (χ0) is 16.9. The van der Waals surface area contributed by atoms with Gasteiger partial charge in [0.1, 0.15) is 0 Å². The maximum atomic E-state index is 6.19. The van der Waals surface area contributed by atoms with E-state index in [-0.39, 0.29) is 12.2 Å². The number of hydrogen-bond acceptors (Lipinski definition) is 3. The molecule has 0 saturated carbocycles. The molecule has 0 aromatic heterocycles. The minimum Gasteiger partial charge on any atom is -0.376 e. The van der Waals surface area contributed by atoms with Crippen LogP contribution in [0.5, 0.6) is 0 Å². The van der Waals surface area contributed by atoms with Crippen molar-refractivity contribution >= 4 is 0 Å². The average Bonchev–Trinajstić information content (AvgIpc) is 2.51. The zero-order valence-electron chi connectivity index (χ0n) is 14.8. The smallest absolute Gasteiger partial charge is 0.163 e. The summed E-state index contributed by atoms with van der Waals surface area (Å²) in [7, 11) is 0. The van der Waals surface area contributed by atoms with Gasteiger partial charge in [0.25, 0.3) is 0 Å². The second-order valence-electron chi connectivity index (χ2n) is 7.00. The molecule has 0 radical (unpaired) electrons. The lowest BCUT2D eigenvalue weighted by Crippen LogP contribution is -2.52. The van der Waals surface area contributed by atoms with Crippen molar-refractivity contribution in [1.29, 1.82) is 0 Å². The fourth-order valence-electron chi connectivity index (χ4n) is 3.24. The van der Waals surface area contributed by atoms with Crippen molar-refractivity contribution < 1.29 is 14.2 Å². The monoisotopic (exact) mass is 318 g/mol. The fraction of sp³-hybridized carbons (Fsp3) is 0.600.